The number of carbonyl (C=O) groups is 2. The molecule has 0 radical (unpaired) electrons. The monoisotopic (exact) mass is 442 g/mol. The van der Waals surface area contributed by atoms with Gasteiger partial charge >= 0.3 is 5.97 Å². The second-order valence-corrected chi connectivity index (χ2v) is 8.22. The van der Waals surface area contributed by atoms with Crippen LogP contribution in [-0.2, 0) is 19.6 Å². The van der Waals surface area contributed by atoms with E-state index in [1.54, 1.807) is 13.8 Å². The van der Waals surface area contributed by atoms with Crippen LogP contribution in [0.1, 0.15) is 24.2 Å². The molecule has 0 atom stereocenters. The largest absolute Gasteiger partial charge is 0.452 e. The van der Waals surface area contributed by atoms with E-state index >= 15 is 0 Å². The van der Waals surface area contributed by atoms with Gasteiger partial charge in [-0.15, -0.1) is 0 Å². The van der Waals surface area contributed by atoms with Crippen LogP contribution in [-0.4, -0.2) is 44.3 Å². The van der Waals surface area contributed by atoms with Gasteiger partial charge in [0.15, 0.2) is 6.61 Å². The summed E-state index contributed by atoms with van der Waals surface area (Å²) in [5, 5.41) is 2.25. The number of nitrogens with one attached hydrogen (secondary N) is 1. The molecular weight excluding hydrogens is 423 g/mol. The smallest absolute Gasteiger partial charge is 0.338 e. The molecule has 0 heterocycles. The molecule has 0 unspecified atom stereocenters. The van der Waals surface area contributed by atoms with Crippen LogP contribution in [0, 0.1) is 5.82 Å². The van der Waals surface area contributed by atoms with Gasteiger partial charge in [-0.1, -0.05) is 31.5 Å². The Morgan fingerprint density at radius 2 is 1.83 bits per heavy atom. The van der Waals surface area contributed by atoms with Gasteiger partial charge < -0.3 is 10.1 Å². The summed E-state index contributed by atoms with van der Waals surface area (Å²) in [6.07, 6.45) is 0. The van der Waals surface area contributed by atoms with Crippen LogP contribution in [0.2, 0.25) is 5.02 Å². The number of hydrogen-bond acceptors (Lipinski definition) is 5. The first-order valence-corrected chi connectivity index (χ1v) is 10.5. The lowest BCUT2D eigenvalue weighted by Gasteiger charge is -2.18. The third-order valence-electron chi connectivity index (χ3n) is 3.95. The van der Waals surface area contributed by atoms with Gasteiger partial charge in [-0.05, 0) is 36.4 Å². The number of halogens is 2. The molecule has 10 heteroatoms. The number of ether oxygens (including phenoxy) is 1. The fraction of sp³-hybridized carbons (Fsp3) is 0.263. The van der Waals surface area contributed by atoms with Gasteiger partial charge in [0.1, 0.15) is 5.82 Å². The summed E-state index contributed by atoms with van der Waals surface area (Å²) in [7, 11) is -3.73. The number of carbonyl (C=O) groups excluding carboxylic acids is 2. The highest BCUT2D eigenvalue weighted by molar-refractivity contribution is 7.89. The third kappa shape index (κ3) is 5.75. The highest BCUT2D eigenvalue weighted by Gasteiger charge is 2.23. The minimum Gasteiger partial charge on any atom is -0.452 e. The highest BCUT2D eigenvalue weighted by atomic mass is 35.5. The van der Waals surface area contributed by atoms with E-state index in [1.165, 1.54) is 40.7 Å². The molecule has 0 fully saturated rings. The zero-order chi connectivity index (χ0) is 21.6. The summed E-state index contributed by atoms with van der Waals surface area (Å²) in [6, 6.07) is 9.02. The predicted molar refractivity (Wildman–Crippen MR) is 107 cm³/mol. The van der Waals surface area contributed by atoms with E-state index in [9.17, 15) is 22.4 Å². The van der Waals surface area contributed by atoms with E-state index in [4.69, 9.17) is 16.3 Å². The van der Waals surface area contributed by atoms with Crippen molar-refractivity contribution >= 4 is 39.2 Å². The summed E-state index contributed by atoms with van der Waals surface area (Å²) in [5.74, 6) is -2.14. The van der Waals surface area contributed by atoms with Crippen molar-refractivity contribution in [1.82, 2.24) is 4.31 Å². The zero-order valence-corrected chi connectivity index (χ0v) is 17.4. The Balaban J connectivity index is 2.04. The van der Waals surface area contributed by atoms with Crippen LogP contribution in [0.5, 0.6) is 0 Å². The first-order valence-electron chi connectivity index (χ1n) is 8.71. The van der Waals surface area contributed by atoms with Gasteiger partial charge in [-0.2, -0.15) is 4.31 Å². The van der Waals surface area contributed by atoms with Crippen molar-refractivity contribution in [3.63, 3.8) is 0 Å². The number of rotatable bonds is 8. The Hall–Kier alpha value is -2.49. The van der Waals surface area contributed by atoms with E-state index in [1.807, 2.05) is 0 Å². The molecule has 0 bridgehead atoms. The average Bonchev–Trinajstić information content (AvgIpc) is 2.69. The van der Waals surface area contributed by atoms with E-state index in [-0.39, 0.29) is 21.2 Å². The molecule has 1 amide bonds. The Morgan fingerprint density at radius 3 is 2.45 bits per heavy atom. The Bertz CT molecular complexity index is 1010. The molecule has 0 saturated heterocycles. The molecule has 156 valence electrons. The van der Waals surface area contributed by atoms with Crippen LogP contribution < -0.4 is 5.32 Å². The van der Waals surface area contributed by atoms with Crippen LogP contribution >= 0.6 is 11.6 Å². The lowest BCUT2D eigenvalue weighted by atomic mass is 10.2. The summed E-state index contributed by atoms with van der Waals surface area (Å²) < 4.78 is 44.4. The van der Waals surface area contributed by atoms with Crippen molar-refractivity contribution < 1.29 is 27.1 Å². The quantitative estimate of drug-likeness (QED) is 0.633. The summed E-state index contributed by atoms with van der Waals surface area (Å²) in [5.41, 5.74) is 0.237. The second-order valence-electron chi connectivity index (χ2n) is 5.87. The first-order chi connectivity index (χ1) is 13.7. The normalized spacial score (nSPS) is 11.3. The zero-order valence-electron chi connectivity index (χ0n) is 15.8. The van der Waals surface area contributed by atoms with Crippen molar-refractivity contribution in [3.05, 3.63) is 58.9 Å². The van der Waals surface area contributed by atoms with Crippen molar-refractivity contribution in [2.24, 2.45) is 0 Å². The maximum absolute atomic E-state index is 13.1. The molecule has 0 aromatic heterocycles. The van der Waals surface area contributed by atoms with Crippen LogP contribution in [0.3, 0.4) is 0 Å². The number of hydrogen-bond donors (Lipinski definition) is 1. The highest BCUT2D eigenvalue weighted by Crippen LogP contribution is 2.20. The number of anilines is 1. The number of nitrogens with zero attached hydrogens (tertiary/aromatic N) is 1. The minimum absolute atomic E-state index is 0.00384. The molecule has 0 aliphatic heterocycles. The van der Waals surface area contributed by atoms with Crippen molar-refractivity contribution in [2.45, 2.75) is 18.7 Å². The van der Waals surface area contributed by atoms with Crippen LogP contribution in [0.25, 0.3) is 0 Å². The number of sulfonamides is 1. The Labute approximate surface area is 173 Å². The fourth-order valence-corrected chi connectivity index (χ4v) is 4.17. The summed E-state index contributed by atoms with van der Waals surface area (Å²) in [6.45, 7) is 3.40. The minimum atomic E-state index is -3.73. The molecule has 2 rings (SSSR count). The van der Waals surface area contributed by atoms with Crippen molar-refractivity contribution in [1.29, 1.82) is 0 Å². The molecule has 1 N–H and O–H groups in total. The SMILES string of the molecule is CCN(CC)S(=O)(=O)c1cccc(C(=O)OCC(=O)Nc2ccc(F)c(Cl)c2)c1. The van der Waals surface area contributed by atoms with Gasteiger partial charge in [-0.25, -0.2) is 17.6 Å². The van der Waals surface area contributed by atoms with E-state index in [2.05, 4.69) is 5.32 Å². The second kappa shape index (κ2) is 9.82. The lowest BCUT2D eigenvalue weighted by Crippen LogP contribution is -2.30. The standard InChI is InChI=1S/C19H20ClFN2O5S/c1-3-23(4-2)29(26,27)15-7-5-6-13(10-15)19(25)28-12-18(24)22-14-8-9-17(21)16(20)11-14/h5-11H,3-4,12H2,1-2H3,(H,22,24). The van der Waals surface area contributed by atoms with Gasteiger partial charge in [0.25, 0.3) is 5.91 Å². The molecule has 0 aliphatic rings. The molecule has 7 nitrogen and oxygen atoms in total. The topological polar surface area (TPSA) is 92.8 Å². The molecule has 0 aliphatic carbocycles. The molecular formula is C19H20ClFN2O5S. The van der Waals surface area contributed by atoms with Gasteiger partial charge in [-0.3, -0.25) is 4.79 Å². The number of esters is 1. The first kappa shape index (κ1) is 22.8. The molecule has 0 spiro atoms. The number of benzene rings is 2. The molecule has 29 heavy (non-hydrogen) atoms. The van der Waals surface area contributed by atoms with Crippen molar-refractivity contribution in [3.8, 4) is 0 Å². The molecule has 2 aromatic carbocycles. The number of amides is 1. The maximum Gasteiger partial charge on any atom is 0.338 e. The van der Waals surface area contributed by atoms with Crippen molar-refractivity contribution in [2.75, 3.05) is 25.0 Å². The third-order valence-corrected chi connectivity index (χ3v) is 6.29. The Kier molecular flexibility index (Phi) is 7.72. The van der Waals surface area contributed by atoms with E-state index in [0.717, 1.165) is 6.07 Å². The lowest BCUT2D eigenvalue weighted by molar-refractivity contribution is -0.119. The van der Waals surface area contributed by atoms with E-state index in [0.29, 0.717) is 13.1 Å². The van der Waals surface area contributed by atoms with Crippen LogP contribution in [0.15, 0.2) is 47.4 Å². The molecule has 2 aromatic rings. The fourth-order valence-electron chi connectivity index (χ4n) is 2.48. The van der Waals surface area contributed by atoms with E-state index < -0.39 is 34.3 Å². The summed E-state index contributed by atoms with van der Waals surface area (Å²) >= 11 is 5.64. The predicted octanol–water partition coefficient (Wildman–Crippen LogP) is 3.31. The van der Waals surface area contributed by atoms with Gasteiger partial charge in [0.2, 0.25) is 10.0 Å². The summed E-state index contributed by atoms with van der Waals surface area (Å²) in [4.78, 5) is 24.1. The van der Waals surface area contributed by atoms with Gasteiger partial charge in [0.05, 0.1) is 15.5 Å². The Morgan fingerprint density at radius 1 is 1.14 bits per heavy atom. The molecule has 0 saturated carbocycles. The van der Waals surface area contributed by atoms with Gasteiger partial charge in [0, 0.05) is 18.8 Å². The van der Waals surface area contributed by atoms with Crippen LogP contribution in [0.4, 0.5) is 10.1 Å². The maximum atomic E-state index is 13.1. The average molecular weight is 443 g/mol.